The van der Waals surface area contributed by atoms with E-state index < -0.39 is 5.97 Å². The van der Waals surface area contributed by atoms with Crippen LogP contribution in [-0.2, 0) is 0 Å². The normalized spacial score (nSPS) is 10.3. The zero-order valence-electron chi connectivity index (χ0n) is 12.3. The molecule has 0 heterocycles. The number of ether oxygens (including phenoxy) is 2. The second kappa shape index (κ2) is 6.76. The number of hydrogen-bond acceptors (Lipinski definition) is 3. The maximum absolute atomic E-state index is 12.4. The van der Waals surface area contributed by atoms with Gasteiger partial charge in [-0.2, -0.15) is 0 Å². The average Bonchev–Trinajstić information content (AvgIpc) is 2.45. The molecular formula is C17H17BrO3. The Morgan fingerprint density at radius 2 is 1.81 bits per heavy atom. The van der Waals surface area contributed by atoms with Crippen molar-refractivity contribution in [2.45, 2.75) is 20.8 Å². The molecule has 110 valence electrons. The quantitative estimate of drug-likeness (QED) is 0.594. The van der Waals surface area contributed by atoms with Crippen molar-refractivity contribution in [1.29, 1.82) is 0 Å². The summed E-state index contributed by atoms with van der Waals surface area (Å²) in [5.41, 5.74) is 2.27. The molecule has 0 fully saturated rings. The number of rotatable bonds is 4. The molecule has 0 aliphatic carbocycles. The first kappa shape index (κ1) is 15.6. The lowest BCUT2D eigenvalue weighted by atomic mass is 10.1. The second-order valence-electron chi connectivity index (χ2n) is 4.68. The number of carbonyl (C=O) groups excluding carboxylic acids is 1. The molecule has 0 saturated heterocycles. The highest BCUT2D eigenvalue weighted by atomic mass is 79.9. The van der Waals surface area contributed by atoms with Crippen LogP contribution in [0.15, 0.2) is 40.9 Å². The van der Waals surface area contributed by atoms with Crippen molar-refractivity contribution in [1.82, 2.24) is 0 Å². The van der Waals surface area contributed by atoms with Gasteiger partial charge in [0.05, 0.1) is 6.61 Å². The van der Waals surface area contributed by atoms with Gasteiger partial charge in [0.25, 0.3) is 0 Å². The minimum absolute atomic E-state index is 0.411. The summed E-state index contributed by atoms with van der Waals surface area (Å²) in [6, 6.07) is 11.1. The molecule has 0 amide bonds. The summed E-state index contributed by atoms with van der Waals surface area (Å²) >= 11 is 3.37. The second-order valence-corrected chi connectivity index (χ2v) is 5.60. The number of aryl methyl sites for hydroxylation is 2. The molecule has 0 radical (unpaired) electrons. The van der Waals surface area contributed by atoms with Gasteiger partial charge >= 0.3 is 5.97 Å². The molecule has 0 aliphatic heterocycles. The van der Waals surface area contributed by atoms with E-state index in [4.69, 9.17) is 9.47 Å². The third-order valence-electron chi connectivity index (χ3n) is 3.06. The Balaban J connectivity index is 2.34. The van der Waals surface area contributed by atoms with Gasteiger partial charge in [-0.1, -0.05) is 34.1 Å². The van der Waals surface area contributed by atoms with Gasteiger partial charge in [0.15, 0.2) is 0 Å². The van der Waals surface area contributed by atoms with E-state index in [1.807, 2.05) is 45.0 Å². The van der Waals surface area contributed by atoms with E-state index in [9.17, 15) is 4.79 Å². The standard InChI is InChI=1S/C17H17BrO3/c1-4-20-15-9-8-13(18)10-14(15)17(19)21-16-11(2)6-5-7-12(16)3/h5-10H,4H2,1-3H3. The van der Waals surface area contributed by atoms with Crippen LogP contribution in [0.3, 0.4) is 0 Å². The molecule has 2 rings (SSSR count). The number of carbonyl (C=O) groups is 1. The summed E-state index contributed by atoms with van der Waals surface area (Å²) in [5.74, 6) is 0.707. The molecule has 2 aromatic carbocycles. The van der Waals surface area contributed by atoms with Gasteiger partial charge in [-0.05, 0) is 50.1 Å². The molecule has 0 bridgehead atoms. The summed E-state index contributed by atoms with van der Waals surface area (Å²) in [5, 5.41) is 0. The van der Waals surface area contributed by atoms with Crippen LogP contribution in [0.5, 0.6) is 11.5 Å². The van der Waals surface area contributed by atoms with Gasteiger partial charge in [-0.25, -0.2) is 4.79 Å². The highest BCUT2D eigenvalue weighted by molar-refractivity contribution is 9.10. The zero-order valence-corrected chi connectivity index (χ0v) is 13.9. The summed E-state index contributed by atoms with van der Waals surface area (Å²) in [6.07, 6.45) is 0. The van der Waals surface area contributed by atoms with E-state index in [0.29, 0.717) is 23.7 Å². The van der Waals surface area contributed by atoms with Gasteiger partial charge in [0, 0.05) is 4.47 Å². The topological polar surface area (TPSA) is 35.5 Å². The van der Waals surface area contributed by atoms with Crippen LogP contribution < -0.4 is 9.47 Å². The van der Waals surface area contributed by atoms with Crippen LogP contribution in [0, 0.1) is 13.8 Å². The predicted octanol–water partition coefficient (Wildman–Crippen LogP) is 4.68. The minimum Gasteiger partial charge on any atom is -0.493 e. The van der Waals surface area contributed by atoms with Gasteiger partial charge < -0.3 is 9.47 Å². The summed E-state index contributed by atoms with van der Waals surface area (Å²) in [6.45, 7) is 6.20. The zero-order chi connectivity index (χ0) is 15.4. The molecule has 21 heavy (non-hydrogen) atoms. The number of esters is 1. The fraction of sp³-hybridized carbons (Fsp3) is 0.235. The first-order valence-electron chi connectivity index (χ1n) is 6.73. The van der Waals surface area contributed by atoms with Crippen molar-refractivity contribution in [3.05, 3.63) is 57.6 Å². The van der Waals surface area contributed by atoms with Gasteiger partial charge in [-0.3, -0.25) is 0 Å². The van der Waals surface area contributed by atoms with E-state index in [-0.39, 0.29) is 0 Å². The monoisotopic (exact) mass is 348 g/mol. The summed E-state index contributed by atoms with van der Waals surface area (Å²) in [7, 11) is 0. The molecule has 0 spiro atoms. The van der Waals surface area contributed by atoms with Crippen molar-refractivity contribution in [2.75, 3.05) is 6.61 Å². The largest absolute Gasteiger partial charge is 0.493 e. The van der Waals surface area contributed by atoms with Crippen LogP contribution in [0.4, 0.5) is 0 Å². The lowest BCUT2D eigenvalue weighted by Crippen LogP contribution is -2.12. The highest BCUT2D eigenvalue weighted by Crippen LogP contribution is 2.27. The molecule has 0 aliphatic rings. The van der Waals surface area contributed by atoms with Crippen LogP contribution >= 0.6 is 15.9 Å². The van der Waals surface area contributed by atoms with E-state index >= 15 is 0 Å². The molecule has 0 saturated carbocycles. The first-order chi connectivity index (χ1) is 10.0. The number of hydrogen-bond donors (Lipinski definition) is 0. The Hall–Kier alpha value is -1.81. The van der Waals surface area contributed by atoms with E-state index in [1.54, 1.807) is 12.1 Å². The van der Waals surface area contributed by atoms with Crippen LogP contribution in [0.1, 0.15) is 28.4 Å². The Labute approximate surface area is 133 Å². The molecule has 2 aromatic rings. The molecular weight excluding hydrogens is 332 g/mol. The van der Waals surface area contributed by atoms with Gasteiger partial charge in [0.2, 0.25) is 0 Å². The SMILES string of the molecule is CCOc1ccc(Br)cc1C(=O)Oc1c(C)cccc1C. The van der Waals surface area contributed by atoms with Crippen LogP contribution in [-0.4, -0.2) is 12.6 Å². The third kappa shape index (κ3) is 3.64. The number of halogens is 1. The van der Waals surface area contributed by atoms with Crippen LogP contribution in [0.2, 0.25) is 0 Å². The molecule has 0 atom stereocenters. The Morgan fingerprint density at radius 1 is 1.14 bits per heavy atom. The minimum atomic E-state index is -0.419. The van der Waals surface area contributed by atoms with E-state index in [2.05, 4.69) is 15.9 Å². The van der Waals surface area contributed by atoms with Crippen molar-refractivity contribution in [2.24, 2.45) is 0 Å². The fourth-order valence-corrected chi connectivity index (χ4v) is 2.41. The van der Waals surface area contributed by atoms with Crippen LogP contribution in [0.25, 0.3) is 0 Å². The van der Waals surface area contributed by atoms with Crippen molar-refractivity contribution in [3.8, 4) is 11.5 Å². The number of benzene rings is 2. The average molecular weight is 349 g/mol. The Kier molecular flexibility index (Phi) is 5.02. The Morgan fingerprint density at radius 3 is 2.43 bits per heavy atom. The fourth-order valence-electron chi connectivity index (χ4n) is 2.05. The van der Waals surface area contributed by atoms with Crippen molar-refractivity contribution >= 4 is 21.9 Å². The lowest BCUT2D eigenvalue weighted by molar-refractivity contribution is 0.0728. The maximum atomic E-state index is 12.4. The van der Waals surface area contributed by atoms with Gasteiger partial charge in [-0.15, -0.1) is 0 Å². The van der Waals surface area contributed by atoms with Crippen molar-refractivity contribution < 1.29 is 14.3 Å². The summed E-state index contributed by atoms with van der Waals surface area (Å²) in [4.78, 5) is 12.4. The smallest absolute Gasteiger partial charge is 0.347 e. The highest BCUT2D eigenvalue weighted by Gasteiger charge is 2.17. The van der Waals surface area contributed by atoms with Gasteiger partial charge in [0.1, 0.15) is 17.1 Å². The molecule has 0 N–H and O–H groups in total. The third-order valence-corrected chi connectivity index (χ3v) is 3.56. The van der Waals surface area contributed by atoms with E-state index in [1.165, 1.54) is 0 Å². The molecule has 0 aromatic heterocycles. The predicted molar refractivity (Wildman–Crippen MR) is 86.2 cm³/mol. The maximum Gasteiger partial charge on any atom is 0.347 e. The first-order valence-corrected chi connectivity index (χ1v) is 7.53. The molecule has 3 nitrogen and oxygen atoms in total. The summed E-state index contributed by atoms with van der Waals surface area (Å²) < 4.78 is 11.9. The Bertz CT molecular complexity index is 645. The van der Waals surface area contributed by atoms with Crippen molar-refractivity contribution in [3.63, 3.8) is 0 Å². The number of para-hydroxylation sites is 1. The van der Waals surface area contributed by atoms with E-state index in [0.717, 1.165) is 15.6 Å². The molecule has 0 unspecified atom stereocenters. The lowest BCUT2D eigenvalue weighted by Gasteiger charge is -2.13. The molecule has 4 heteroatoms.